The summed E-state index contributed by atoms with van der Waals surface area (Å²) in [5.41, 5.74) is -0.0635. The molecule has 3 aromatic rings. The average Bonchev–Trinajstić information content (AvgIpc) is 2.60. The molecule has 0 bridgehead atoms. The van der Waals surface area contributed by atoms with Gasteiger partial charge in [0.25, 0.3) is 0 Å². The summed E-state index contributed by atoms with van der Waals surface area (Å²) in [6.45, 7) is 1.89. The van der Waals surface area contributed by atoms with Crippen molar-refractivity contribution in [3.63, 3.8) is 0 Å². The number of fused-ring (bicyclic) bond motifs is 1. The maximum atomic E-state index is 14.3. The molecule has 2 aromatic carbocycles. The summed E-state index contributed by atoms with van der Waals surface area (Å²) in [5, 5.41) is 8.71. The Hall–Kier alpha value is -3.14. The summed E-state index contributed by atoms with van der Waals surface area (Å²) in [6.07, 6.45) is 1.40. The van der Waals surface area contributed by atoms with E-state index in [9.17, 15) is 13.2 Å². The van der Waals surface area contributed by atoms with Crippen molar-refractivity contribution in [2.75, 3.05) is 11.4 Å². The van der Waals surface area contributed by atoms with Crippen LogP contribution in [0, 0.1) is 28.8 Å². The van der Waals surface area contributed by atoms with Crippen molar-refractivity contribution in [1.29, 1.82) is 5.26 Å². The molecule has 0 fully saturated rings. The molecule has 120 valence electrons. The number of halogens is 3. The van der Waals surface area contributed by atoms with Crippen molar-refractivity contribution in [3.8, 4) is 6.07 Å². The third-order valence-corrected chi connectivity index (χ3v) is 3.57. The standard InChI is InChI=1S/C17H11F3N4/c1-2-24(14-7-11(18)10(8-21)16(19)17(14)20)15-9-22-12-5-3-4-6-13(12)23-15/h3-7,9H,2H2,1H3. The van der Waals surface area contributed by atoms with E-state index in [1.165, 1.54) is 17.2 Å². The molecule has 0 amide bonds. The van der Waals surface area contributed by atoms with Crippen molar-refractivity contribution in [3.05, 3.63) is 59.5 Å². The third kappa shape index (κ3) is 2.52. The Bertz CT molecular complexity index is 966. The normalized spacial score (nSPS) is 10.6. The Labute approximate surface area is 135 Å². The molecule has 0 spiro atoms. The quantitative estimate of drug-likeness (QED) is 0.680. The fraction of sp³-hybridized carbons (Fsp3) is 0.118. The van der Waals surface area contributed by atoms with Gasteiger partial charge in [-0.05, 0) is 19.1 Å². The summed E-state index contributed by atoms with van der Waals surface area (Å²) >= 11 is 0. The molecule has 7 heteroatoms. The number of hydrogen-bond acceptors (Lipinski definition) is 4. The summed E-state index contributed by atoms with van der Waals surface area (Å²) in [7, 11) is 0. The lowest BCUT2D eigenvalue weighted by Gasteiger charge is -2.23. The van der Waals surface area contributed by atoms with E-state index < -0.39 is 23.0 Å². The first-order chi connectivity index (χ1) is 11.6. The molecule has 0 N–H and O–H groups in total. The van der Waals surface area contributed by atoms with E-state index in [0.717, 1.165) is 6.07 Å². The van der Waals surface area contributed by atoms with Crippen molar-refractivity contribution in [2.45, 2.75) is 6.92 Å². The largest absolute Gasteiger partial charge is 0.323 e. The van der Waals surface area contributed by atoms with Crippen LogP contribution in [0.5, 0.6) is 0 Å². The SMILES string of the molecule is CCN(c1cnc2ccccc2n1)c1cc(F)c(C#N)c(F)c1F. The maximum absolute atomic E-state index is 14.3. The molecular formula is C17H11F3N4. The number of para-hydroxylation sites is 2. The number of rotatable bonds is 3. The van der Waals surface area contributed by atoms with E-state index in [0.29, 0.717) is 11.0 Å². The fourth-order valence-electron chi connectivity index (χ4n) is 2.41. The summed E-state index contributed by atoms with van der Waals surface area (Å²) in [6, 6.07) is 9.19. The molecule has 3 rings (SSSR count). The van der Waals surface area contributed by atoms with E-state index in [2.05, 4.69) is 9.97 Å². The number of nitriles is 1. The summed E-state index contributed by atoms with van der Waals surface area (Å²) < 4.78 is 42.0. The molecule has 0 aliphatic carbocycles. The zero-order valence-electron chi connectivity index (χ0n) is 12.6. The van der Waals surface area contributed by atoms with Gasteiger partial charge in [0.2, 0.25) is 0 Å². The van der Waals surface area contributed by atoms with Gasteiger partial charge in [-0.3, -0.25) is 4.98 Å². The highest BCUT2D eigenvalue weighted by Crippen LogP contribution is 2.31. The number of aromatic nitrogens is 2. The minimum absolute atomic E-state index is 0.203. The first kappa shape index (κ1) is 15.7. The van der Waals surface area contributed by atoms with Crippen molar-refractivity contribution in [2.24, 2.45) is 0 Å². The van der Waals surface area contributed by atoms with Crippen molar-refractivity contribution in [1.82, 2.24) is 9.97 Å². The molecule has 0 atom stereocenters. The van der Waals surface area contributed by atoms with E-state index in [1.807, 2.05) is 0 Å². The van der Waals surface area contributed by atoms with Crippen LogP contribution in [0.1, 0.15) is 12.5 Å². The van der Waals surface area contributed by atoms with Gasteiger partial charge in [-0.1, -0.05) is 12.1 Å². The molecule has 0 aliphatic heterocycles. The number of nitrogens with zero attached hydrogens (tertiary/aromatic N) is 4. The van der Waals surface area contributed by atoms with Crippen LogP contribution in [0.2, 0.25) is 0 Å². The van der Waals surface area contributed by atoms with Crippen LogP contribution >= 0.6 is 0 Å². The van der Waals surface area contributed by atoms with Gasteiger partial charge in [-0.15, -0.1) is 0 Å². The van der Waals surface area contributed by atoms with E-state index in [1.54, 1.807) is 31.2 Å². The van der Waals surface area contributed by atoms with Gasteiger partial charge in [0.15, 0.2) is 17.5 Å². The lowest BCUT2D eigenvalue weighted by molar-refractivity contribution is 0.491. The molecule has 1 aromatic heterocycles. The molecule has 0 saturated heterocycles. The van der Waals surface area contributed by atoms with Crippen LogP contribution < -0.4 is 4.90 Å². The highest BCUT2D eigenvalue weighted by molar-refractivity contribution is 5.76. The van der Waals surface area contributed by atoms with Gasteiger partial charge in [-0.25, -0.2) is 18.2 Å². The predicted molar refractivity (Wildman–Crippen MR) is 83.2 cm³/mol. The van der Waals surface area contributed by atoms with E-state index in [4.69, 9.17) is 5.26 Å². The van der Waals surface area contributed by atoms with Crippen LogP contribution in [0.15, 0.2) is 36.5 Å². The van der Waals surface area contributed by atoms with Crippen molar-refractivity contribution < 1.29 is 13.2 Å². The van der Waals surface area contributed by atoms with Crippen LogP contribution in [0.3, 0.4) is 0 Å². The number of hydrogen-bond donors (Lipinski definition) is 0. The highest BCUT2D eigenvalue weighted by Gasteiger charge is 2.23. The Morgan fingerprint density at radius 3 is 2.50 bits per heavy atom. The first-order valence-corrected chi connectivity index (χ1v) is 7.13. The zero-order chi connectivity index (χ0) is 17.3. The fourth-order valence-corrected chi connectivity index (χ4v) is 2.41. The molecule has 0 unspecified atom stereocenters. The molecular weight excluding hydrogens is 317 g/mol. The number of benzene rings is 2. The molecule has 4 nitrogen and oxygen atoms in total. The molecule has 0 aliphatic rings. The van der Waals surface area contributed by atoms with Gasteiger partial charge in [-0.2, -0.15) is 5.26 Å². The lowest BCUT2D eigenvalue weighted by atomic mass is 10.1. The Kier molecular flexibility index (Phi) is 4.04. The molecule has 0 radical (unpaired) electrons. The second-order valence-electron chi connectivity index (χ2n) is 4.95. The van der Waals surface area contributed by atoms with Gasteiger partial charge in [0, 0.05) is 12.6 Å². The molecule has 0 saturated carbocycles. The smallest absolute Gasteiger partial charge is 0.184 e. The minimum Gasteiger partial charge on any atom is -0.323 e. The topological polar surface area (TPSA) is 52.8 Å². The minimum atomic E-state index is -1.51. The van der Waals surface area contributed by atoms with E-state index >= 15 is 0 Å². The summed E-state index contributed by atoms with van der Waals surface area (Å²) in [5.74, 6) is -3.69. The predicted octanol–water partition coefficient (Wildman–Crippen LogP) is 4.08. The second-order valence-corrected chi connectivity index (χ2v) is 4.95. The molecule has 24 heavy (non-hydrogen) atoms. The van der Waals surface area contributed by atoms with Gasteiger partial charge < -0.3 is 4.90 Å². The van der Waals surface area contributed by atoms with Crippen LogP contribution in [0.25, 0.3) is 11.0 Å². The Morgan fingerprint density at radius 2 is 1.83 bits per heavy atom. The first-order valence-electron chi connectivity index (χ1n) is 7.13. The van der Waals surface area contributed by atoms with Gasteiger partial charge in [0.1, 0.15) is 17.4 Å². The monoisotopic (exact) mass is 328 g/mol. The highest BCUT2D eigenvalue weighted by atomic mass is 19.2. The lowest BCUT2D eigenvalue weighted by Crippen LogP contribution is -2.20. The van der Waals surface area contributed by atoms with Crippen molar-refractivity contribution >= 4 is 22.5 Å². The number of anilines is 2. The van der Waals surface area contributed by atoms with Gasteiger partial charge in [0.05, 0.1) is 22.9 Å². The third-order valence-electron chi connectivity index (χ3n) is 3.57. The maximum Gasteiger partial charge on any atom is 0.184 e. The average molecular weight is 328 g/mol. The Balaban J connectivity index is 2.16. The van der Waals surface area contributed by atoms with Crippen LogP contribution in [-0.4, -0.2) is 16.5 Å². The molecule has 1 heterocycles. The van der Waals surface area contributed by atoms with Crippen LogP contribution in [-0.2, 0) is 0 Å². The Morgan fingerprint density at radius 1 is 1.12 bits per heavy atom. The van der Waals surface area contributed by atoms with E-state index in [-0.39, 0.29) is 18.1 Å². The second kappa shape index (κ2) is 6.16. The summed E-state index contributed by atoms with van der Waals surface area (Å²) in [4.78, 5) is 9.86. The zero-order valence-corrected chi connectivity index (χ0v) is 12.6. The van der Waals surface area contributed by atoms with Gasteiger partial charge >= 0.3 is 0 Å². The van der Waals surface area contributed by atoms with Crippen LogP contribution in [0.4, 0.5) is 24.7 Å².